The zero-order chi connectivity index (χ0) is 15.5. The minimum Gasteiger partial charge on any atom is -0.384 e. The van der Waals surface area contributed by atoms with Crippen LogP contribution in [0.3, 0.4) is 0 Å². The normalized spacial score (nSPS) is 11.2. The van der Waals surface area contributed by atoms with Crippen molar-refractivity contribution < 1.29 is 8.42 Å². The van der Waals surface area contributed by atoms with Crippen LogP contribution in [0.5, 0.6) is 0 Å². The number of sulfonamides is 1. The molecule has 0 amide bonds. The molecule has 0 saturated carbocycles. The van der Waals surface area contributed by atoms with Crippen molar-refractivity contribution in [3.63, 3.8) is 0 Å². The molecule has 21 heavy (non-hydrogen) atoms. The van der Waals surface area contributed by atoms with E-state index in [0.29, 0.717) is 22.4 Å². The van der Waals surface area contributed by atoms with Gasteiger partial charge in [0.15, 0.2) is 0 Å². The number of hydrogen-bond donors (Lipinski definition) is 2. The first-order valence-corrected chi connectivity index (χ1v) is 9.31. The molecule has 0 aliphatic heterocycles. The van der Waals surface area contributed by atoms with Crippen molar-refractivity contribution in [2.75, 3.05) is 16.6 Å². The number of halogens is 2. The van der Waals surface area contributed by atoms with Gasteiger partial charge in [0.05, 0.1) is 11.4 Å². The van der Waals surface area contributed by atoms with Crippen LogP contribution < -0.4 is 10.0 Å². The third-order valence-corrected chi connectivity index (χ3v) is 5.29. The fourth-order valence-electron chi connectivity index (χ4n) is 1.81. The largest absolute Gasteiger partial charge is 0.384 e. The molecule has 0 heterocycles. The average Bonchev–Trinajstić information content (AvgIpc) is 2.43. The monoisotopic (exact) mass is 432 g/mol. The molecule has 2 aromatic rings. The van der Waals surface area contributed by atoms with Crippen molar-refractivity contribution in [1.29, 1.82) is 0 Å². The number of para-hydroxylation sites is 1. The molecule has 2 aromatic carbocycles. The fraction of sp³-hybridized carbons (Fsp3) is 0.143. The summed E-state index contributed by atoms with van der Waals surface area (Å²) < 4.78 is 29.2. The lowest BCUT2D eigenvalue weighted by Crippen LogP contribution is -2.15. The molecule has 0 spiro atoms. The van der Waals surface area contributed by atoms with Crippen molar-refractivity contribution in [1.82, 2.24) is 0 Å². The quantitative estimate of drug-likeness (QED) is 0.732. The van der Waals surface area contributed by atoms with E-state index in [1.165, 1.54) is 0 Å². The minimum absolute atomic E-state index is 0.224. The van der Waals surface area contributed by atoms with Crippen LogP contribution in [0.25, 0.3) is 0 Å². The van der Waals surface area contributed by atoms with E-state index in [1.54, 1.807) is 42.5 Å². The molecule has 4 nitrogen and oxygen atoms in total. The second-order valence-electron chi connectivity index (χ2n) is 4.26. The van der Waals surface area contributed by atoms with E-state index in [9.17, 15) is 8.42 Å². The first-order chi connectivity index (χ1) is 9.94. The Morgan fingerprint density at radius 3 is 2.43 bits per heavy atom. The van der Waals surface area contributed by atoms with E-state index in [1.807, 2.05) is 6.92 Å². The summed E-state index contributed by atoms with van der Waals surface area (Å²) in [5.41, 5.74) is 1.07. The van der Waals surface area contributed by atoms with E-state index >= 15 is 0 Å². The lowest BCUT2D eigenvalue weighted by atomic mass is 10.3. The van der Waals surface area contributed by atoms with Crippen LogP contribution in [0.4, 0.5) is 11.4 Å². The molecule has 112 valence electrons. The van der Waals surface area contributed by atoms with Crippen LogP contribution in [0.1, 0.15) is 6.92 Å². The average molecular weight is 434 g/mol. The van der Waals surface area contributed by atoms with Gasteiger partial charge in [0.25, 0.3) is 10.0 Å². The van der Waals surface area contributed by atoms with Gasteiger partial charge in [0.1, 0.15) is 4.90 Å². The molecule has 7 heteroatoms. The van der Waals surface area contributed by atoms with E-state index < -0.39 is 10.0 Å². The van der Waals surface area contributed by atoms with Crippen molar-refractivity contribution in [2.45, 2.75) is 11.8 Å². The zero-order valence-corrected chi connectivity index (χ0v) is 15.2. The second kappa shape index (κ2) is 6.81. The van der Waals surface area contributed by atoms with Crippen LogP contribution in [-0.2, 0) is 10.0 Å². The Morgan fingerprint density at radius 2 is 1.76 bits per heavy atom. The summed E-state index contributed by atoms with van der Waals surface area (Å²) in [7, 11) is -3.66. The number of nitrogens with one attached hydrogen (secondary N) is 2. The topological polar surface area (TPSA) is 58.2 Å². The number of rotatable bonds is 5. The van der Waals surface area contributed by atoms with Gasteiger partial charge in [-0.3, -0.25) is 4.72 Å². The molecule has 0 saturated heterocycles. The smallest absolute Gasteiger partial charge is 0.263 e. The zero-order valence-electron chi connectivity index (χ0n) is 11.2. The summed E-state index contributed by atoms with van der Waals surface area (Å²) in [6.07, 6.45) is 0. The van der Waals surface area contributed by atoms with E-state index in [-0.39, 0.29) is 4.90 Å². The Bertz CT molecular complexity index is 748. The molecule has 0 unspecified atom stereocenters. The minimum atomic E-state index is -3.66. The van der Waals surface area contributed by atoms with Crippen LogP contribution in [0.15, 0.2) is 56.3 Å². The first-order valence-electron chi connectivity index (χ1n) is 6.25. The Balaban J connectivity index is 2.39. The van der Waals surface area contributed by atoms with Crippen LogP contribution in [-0.4, -0.2) is 15.0 Å². The van der Waals surface area contributed by atoms with Gasteiger partial charge in [0.2, 0.25) is 0 Å². The summed E-state index contributed by atoms with van der Waals surface area (Å²) in [5, 5.41) is 3.05. The van der Waals surface area contributed by atoms with E-state index in [4.69, 9.17) is 0 Å². The molecular formula is C14H14Br2N2O2S. The van der Waals surface area contributed by atoms with Crippen molar-refractivity contribution in [3.8, 4) is 0 Å². The molecule has 0 aliphatic carbocycles. The number of benzene rings is 2. The van der Waals surface area contributed by atoms with Crippen molar-refractivity contribution in [3.05, 3.63) is 51.4 Å². The SMILES string of the molecule is CCNc1ccccc1S(=O)(=O)Nc1ccc(Br)cc1Br. The van der Waals surface area contributed by atoms with Gasteiger partial charge in [-0.15, -0.1) is 0 Å². The lowest BCUT2D eigenvalue weighted by molar-refractivity contribution is 0.601. The molecule has 2 rings (SSSR count). The van der Waals surface area contributed by atoms with Crippen molar-refractivity contribution >= 4 is 53.3 Å². The Morgan fingerprint density at radius 1 is 1.05 bits per heavy atom. The van der Waals surface area contributed by atoms with Gasteiger partial charge in [-0.1, -0.05) is 28.1 Å². The van der Waals surface area contributed by atoms with E-state index in [2.05, 4.69) is 41.9 Å². The Hall–Kier alpha value is -1.05. The maximum absolute atomic E-state index is 12.6. The highest BCUT2D eigenvalue weighted by atomic mass is 79.9. The molecule has 0 radical (unpaired) electrons. The molecule has 0 atom stereocenters. The van der Waals surface area contributed by atoms with E-state index in [0.717, 1.165) is 4.47 Å². The van der Waals surface area contributed by atoms with Gasteiger partial charge in [-0.2, -0.15) is 0 Å². The predicted octanol–water partition coefficient (Wildman–Crippen LogP) is 4.44. The number of hydrogen-bond acceptors (Lipinski definition) is 3. The molecule has 0 bridgehead atoms. The molecule has 0 aliphatic rings. The van der Waals surface area contributed by atoms with Gasteiger partial charge >= 0.3 is 0 Å². The molecule has 0 aromatic heterocycles. The van der Waals surface area contributed by atoms with Crippen LogP contribution in [0.2, 0.25) is 0 Å². The highest BCUT2D eigenvalue weighted by molar-refractivity contribution is 9.11. The Labute approximate surface area is 141 Å². The molecule has 0 fully saturated rings. The summed E-state index contributed by atoms with van der Waals surface area (Å²) >= 11 is 6.68. The summed E-state index contributed by atoms with van der Waals surface area (Å²) in [4.78, 5) is 0.224. The highest BCUT2D eigenvalue weighted by Gasteiger charge is 2.19. The molecular weight excluding hydrogens is 420 g/mol. The summed E-state index contributed by atoms with van der Waals surface area (Å²) in [5.74, 6) is 0. The van der Waals surface area contributed by atoms with Gasteiger partial charge in [0, 0.05) is 15.5 Å². The van der Waals surface area contributed by atoms with Gasteiger partial charge < -0.3 is 5.32 Å². The Kier molecular flexibility index (Phi) is 5.29. The first kappa shape index (κ1) is 16.3. The van der Waals surface area contributed by atoms with Gasteiger partial charge in [-0.05, 0) is 53.2 Å². The highest BCUT2D eigenvalue weighted by Crippen LogP contribution is 2.29. The lowest BCUT2D eigenvalue weighted by Gasteiger charge is -2.14. The fourth-order valence-corrected chi connectivity index (χ4v) is 4.35. The maximum Gasteiger partial charge on any atom is 0.263 e. The summed E-state index contributed by atoms with van der Waals surface area (Å²) in [6, 6.07) is 12.1. The maximum atomic E-state index is 12.6. The van der Waals surface area contributed by atoms with Crippen LogP contribution in [0, 0.1) is 0 Å². The number of anilines is 2. The standard InChI is InChI=1S/C14H14Br2N2O2S/c1-2-17-13-5-3-4-6-14(13)21(19,20)18-12-8-7-10(15)9-11(12)16/h3-9,17-18H,2H2,1H3. The predicted molar refractivity (Wildman–Crippen MR) is 93.3 cm³/mol. The second-order valence-corrected chi connectivity index (χ2v) is 7.68. The third kappa shape index (κ3) is 3.99. The van der Waals surface area contributed by atoms with Crippen molar-refractivity contribution in [2.24, 2.45) is 0 Å². The molecule has 2 N–H and O–H groups in total. The van der Waals surface area contributed by atoms with Crippen LogP contribution >= 0.6 is 31.9 Å². The summed E-state index contributed by atoms with van der Waals surface area (Å²) in [6.45, 7) is 2.57. The van der Waals surface area contributed by atoms with Gasteiger partial charge in [-0.25, -0.2) is 8.42 Å². The third-order valence-electron chi connectivity index (χ3n) is 2.72.